The van der Waals surface area contributed by atoms with Crippen molar-refractivity contribution in [1.82, 2.24) is 10.2 Å². The normalized spacial score (nSPS) is 36.9. The number of nitrogens with one attached hydrogen (secondary N) is 2. The molecule has 4 aliphatic rings. The lowest BCUT2D eigenvalue weighted by Gasteiger charge is -2.38. The molecular weight excluding hydrogens is 474 g/mol. The molecule has 1 aromatic rings. The first-order valence-electron chi connectivity index (χ1n) is 13.1. The predicted octanol–water partition coefficient (Wildman–Crippen LogP) is 3.85. The minimum atomic E-state index is -1.12. The molecule has 3 heterocycles. The smallest absolute Gasteiger partial charge is 0.246 e. The molecule has 194 valence electrons. The maximum absolute atomic E-state index is 13.9. The zero-order valence-electron chi connectivity index (χ0n) is 21.7. The van der Waals surface area contributed by atoms with Crippen LogP contribution in [0.15, 0.2) is 41.3 Å². The van der Waals surface area contributed by atoms with E-state index in [1.807, 2.05) is 56.5 Å². The minimum absolute atomic E-state index is 0.0752. The second kappa shape index (κ2) is 9.53. The van der Waals surface area contributed by atoms with E-state index in [1.54, 1.807) is 16.7 Å². The van der Waals surface area contributed by atoms with Gasteiger partial charge in [-0.15, -0.1) is 11.8 Å². The highest BCUT2D eigenvalue weighted by atomic mass is 32.2. The summed E-state index contributed by atoms with van der Waals surface area (Å²) in [6.07, 6.45) is 8.39. The van der Waals surface area contributed by atoms with Gasteiger partial charge in [0.25, 0.3) is 0 Å². The number of anilines is 1. The third kappa shape index (κ3) is 3.97. The van der Waals surface area contributed by atoms with Crippen molar-refractivity contribution >= 4 is 35.2 Å². The van der Waals surface area contributed by atoms with Crippen molar-refractivity contribution in [2.24, 2.45) is 23.7 Å². The second-order valence-corrected chi connectivity index (χ2v) is 12.0. The average Bonchev–Trinajstić information content (AvgIpc) is 3.49. The Bertz CT molecular complexity index is 1090. The van der Waals surface area contributed by atoms with E-state index < -0.39 is 29.6 Å². The van der Waals surface area contributed by atoms with Gasteiger partial charge in [-0.3, -0.25) is 14.4 Å². The maximum Gasteiger partial charge on any atom is 0.246 e. The van der Waals surface area contributed by atoms with Crippen molar-refractivity contribution in [3.63, 3.8) is 0 Å². The Hall–Kier alpha value is -2.32. The van der Waals surface area contributed by atoms with Gasteiger partial charge in [-0.2, -0.15) is 0 Å². The summed E-state index contributed by atoms with van der Waals surface area (Å²) in [7, 11) is 0. The van der Waals surface area contributed by atoms with Gasteiger partial charge in [-0.25, -0.2) is 0 Å². The number of likely N-dealkylation sites (tertiary alicyclic amines) is 1. The molecule has 36 heavy (non-hydrogen) atoms. The van der Waals surface area contributed by atoms with E-state index in [1.165, 1.54) is 6.42 Å². The molecule has 0 radical (unpaired) electrons. The fourth-order valence-electron chi connectivity index (χ4n) is 6.74. The van der Waals surface area contributed by atoms with Gasteiger partial charge >= 0.3 is 0 Å². The van der Waals surface area contributed by atoms with E-state index in [0.29, 0.717) is 17.5 Å². The standard InChI is InChI=1S/C28H37N3O4S/c1-15(2)31-24(26(33)30-20-11-6-8-16(3)17(20)4)28-13-12-21(35-28)22(23(28)27(31)34)25(32)29-18-9-7-10-19(14-18)36-5/h7,9-10,12-17,20-24H,6,8,11H2,1-5H3,(H,29,32)(H,30,33)/t16-,17+,20-,21-,22+,23-,24-,28-/m1/s1. The number of hydrogen-bond donors (Lipinski definition) is 2. The molecule has 0 aromatic heterocycles. The summed E-state index contributed by atoms with van der Waals surface area (Å²) < 4.78 is 6.42. The largest absolute Gasteiger partial charge is 0.359 e. The van der Waals surface area contributed by atoms with Crippen LogP contribution in [-0.4, -0.2) is 58.7 Å². The number of carbonyl (C=O) groups is 3. The fraction of sp³-hybridized carbons (Fsp3) is 0.607. The SMILES string of the molecule is CSc1cccc(NC(=O)[C@H]2[C@H]3C=C[C@@]4(O3)[C@H]2C(=O)N(C(C)C)[C@@H]4C(=O)N[C@@H]2CCC[C@@H](C)[C@@H]2C)c1. The molecule has 5 rings (SSSR count). The molecule has 8 heteroatoms. The van der Waals surface area contributed by atoms with Gasteiger partial charge in [0.15, 0.2) is 0 Å². The van der Waals surface area contributed by atoms with Crippen molar-refractivity contribution < 1.29 is 19.1 Å². The Morgan fingerprint density at radius 3 is 2.69 bits per heavy atom. The van der Waals surface area contributed by atoms with Gasteiger partial charge in [-0.1, -0.05) is 44.9 Å². The van der Waals surface area contributed by atoms with Crippen LogP contribution < -0.4 is 10.6 Å². The van der Waals surface area contributed by atoms with Gasteiger partial charge in [0.1, 0.15) is 11.6 Å². The highest BCUT2D eigenvalue weighted by molar-refractivity contribution is 7.98. The molecule has 1 aromatic carbocycles. The van der Waals surface area contributed by atoms with E-state index in [2.05, 4.69) is 24.5 Å². The van der Waals surface area contributed by atoms with E-state index >= 15 is 0 Å². The first-order valence-corrected chi connectivity index (χ1v) is 14.3. The number of benzene rings is 1. The van der Waals surface area contributed by atoms with Gasteiger partial charge in [0.2, 0.25) is 17.7 Å². The molecular formula is C28H37N3O4S. The summed E-state index contributed by atoms with van der Waals surface area (Å²) in [6.45, 7) is 8.26. The van der Waals surface area contributed by atoms with E-state index in [-0.39, 0.29) is 29.8 Å². The zero-order chi connectivity index (χ0) is 25.8. The zero-order valence-corrected chi connectivity index (χ0v) is 22.5. The minimum Gasteiger partial charge on any atom is -0.359 e. The Morgan fingerprint density at radius 1 is 1.19 bits per heavy atom. The lowest BCUT2D eigenvalue weighted by atomic mass is 9.73. The number of fused-ring (bicyclic) bond motifs is 1. The molecule has 3 amide bonds. The molecule has 7 nitrogen and oxygen atoms in total. The van der Waals surface area contributed by atoms with Gasteiger partial charge in [0.05, 0.1) is 17.9 Å². The predicted molar refractivity (Wildman–Crippen MR) is 140 cm³/mol. The third-order valence-corrected chi connectivity index (χ3v) is 9.52. The molecule has 3 aliphatic heterocycles. The van der Waals surface area contributed by atoms with E-state index in [9.17, 15) is 14.4 Å². The number of rotatable bonds is 6. The Morgan fingerprint density at radius 2 is 1.97 bits per heavy atom. The lowest BCUT2D eigenvalue weighted by Crippen LogP contribution is -2.58. The molecule has 1 spiro atoms. The topological polar surface area (TPSA) is 87.7 Å². The molecule has 1 aliphatic carbocycles. The number of carbonyl (C=O) groups excluding carboxylic acids is 3. The van der Waals surface area contributed by atoms with Crippen molar-refractivity contribution in [3.8, 4) is 0 Å². The van der Waals surface area contributed by atoms with Crippen LogP contribution in [0.2, 0.25) is 0 Å². The molecule has 3 fully saturated rings. The monoisotopic (exact) mass is 511 g/mol. The van der Waals surface area contributed by atoms with Crippen molar-refractivity contribution in [1.29, 1.82) is 0 Å². The number of ether oxygens (including phenoxy) is 1. The number of nitrogens with zero attached hydrogens (tertiary/aromatic N) is 1. The molecule has 2 bridgehead atoms. The van der Waals surface area contributed by atoms with Crippen molar-refractivity contribution in [2.75, 3.05) is 11.6 Å². The van der Waals surface area contributed by atoms with Crippen molar-refractivity contribution in [2.45, 2.75) is 81.7 Å². The van der Waals surface area contributed by atoms with Crippen LogP contribution in [0.1, 0.15) is 47.0 Å². The van der Waals surface area contributed by atoms with Crippen LogP contribution >= 0.6 is 11.8 Å². The van der Waals surface area contributed by atoms with E-state index in [4.69, 9.17) is 4.74 Å². The Balaban J connectivity index is 1.43. The highest BCUT2D eigenvalue weighted by Gasteiger charge is 2.73. The first kappa shape index (κ1) is 25.3. The maximum atomic E-state index is 13.9. The molecule has 8 atom stereocenters. The number of amides is 3. The molecule has 2 saturated heterocycles. The summed E-state index contributed by atoms with van der Waals surface area (Å²) in [6, 6.07) is 6.72. The van der Waals surface area contributed by atoms with Crippen LogP contribution in [0, 0.1) is 23.7 Å². The second-order valence-electron chi connectivity index (χ2n) is 11.1. The number of hydrogen-bond acceptors (Lipinski definition) is 5. The number of thioether (sulfide) groups is 1. The Kier molecular flexibility index (Phi) is 6.70. The van der Waals surface area contributed by atoms with Crippen molar-refractivity contribution in [3.05, 3.63) is 36.4 Å². The summed E-state index contributed by atoms with van der Waals surface area (Å²) in [5.74, 6) is -1.11. The summed E-state index contributed by atoms with van der Waals surface area (Å²) >= 11 is 1.60. The lowest BCUT2D eigenvalue weighted by molar-refractivity contribution is -0.143. The van der Waals surface area contributed by atoms with Crippen LogP contribution in [-0.2, 0) is 19.1 Å². The molecule has 2 N–H and O–H groups in total. The Labute approximate surface area is 217 Å². The summed E-state index contributed by atoms with van der Waals surface area (Å²) in [5.41, 5.74) is -0.434. The molecule has 1 saturated carbocycles. The van der Waals surface area contributed by atoms with E-state index in [0.717, 1.165) is 17.7 Å². The van der Waals surface area contributed by atoms with Crippen LogP contribution in [0.5, 0.6) is 0 Å². The highest BCUT2D eigenvalue weighted by Crippen LogP contribution is 2.55. The van der Waals surface area contributed by atoms with Gasteiger partial charge in [0, 0.05) is 22.7 Å². The van der Waals surface area contributed by atoms with Crippen LogP contribution in [0.25, 0.3) is 0 Å². The molecule has 0 unspecified atom stereocenters. The summed E-state index contributed by atoms with van der Waals surface area (Å²) in [5, 5.41) is 6.28. The third-order valence-electron chi connectivity index (χ3n) is 8.79. The van der Waals surface area contributed by atoms with Crippen LogP contribution in [0.4, 0.5) is 5.69 Å². The fourth-order valence-corrected chi connectivity index (χ4v) is 7.19. The average molecular weight is 512 g/mol. The van der Waals surface area contributed by atoms with Crippen LogP contribution in [0.3, 0.4) is 0 Å². The van der Waals surface area contributed by atoms with Gasteiger partial charge < -0.3 is 20.3 Å². The summed E-state index contributed by atoms with van der Waals surface area (Å²) in [4.78, 5) is 43.9. The first-order chi connectivity index (χ1) is 17.2. The quantitative estimate of drug-likeness (QED) is 0.448. The van der Waals surface area contributed by atoms with Gasteiger partial charge in [-0.05, 0) is 56.6 Å².